The molecule has 0 amide bonds. The van der Waals surface area contributed by atoms with Gasteiger partial charge in [0.15, 0.2) is 0 Å². The van der Waals surface area contributed by atoms with Crippen LogP contribution in [0, 0.1) is 0 Å². The topological polar surface area (TPSA) is 41.8 Å². The Morgan fingerprint density at radius 2 is 1.12 bits per heavy atom. The van der Waals surface area contributed by atoms with Crippen molar-refractivity contribution >= 4 is 6.21 Å². The van der Waals surface area contributed by atoms with E-state index in [1.54, 1.807) is 12.3 Å². The van der Waals surface area contributed by atoms with Gasteiger partial charge in [-0.25, -0.2) is 0 Å². The van der Waals surface area contributed by atoms with Crippen LogP contribution in [0.25, 0.3) is 0 Å². The van der Waals surface area contributed by atoms with Crippen LogP contribution in [0.1, 0.15) is 148 Å². The minimum absolute atomic E-state index is 0.255. The summed E-state index contributed by atoms with van der Waals surface area (Å²) in [7, 11) is 0. The van der Waals surface area contributed by atoms with E-state index in [-0.39, 0.29) is 5.75 Å². The molecule has 0 radical (unpaired) electrons. The third-order valence-electron chi connectivity index (χ3n) is 6.64. The first kappa shape index (κ1) is 30.5. The number of phenols is 1. The lowest BCUT2D eigenvalue weighted by Crippen LogP contribution is -1.97. The highest BCUT2D eigenvalue weighted by atomic mass is 16.5. The van der Waals surface area contributed by atoms with E-state index in [9.17, 15) is 5.11 Å². The fourth-order valence-corrected chi connectivity index (χ4v) is 4.36. The van der Waals surface area contributed by atoms with Crippen LogP contribution in [0.3, 0.4) is 0 Å². The van der Waals surface area contributed by atoms with Gasteiger partial charge in [-0.2, -0.15) is 0 Å². The van der Waals surface area contributed by atoms with Gasteiger partial charge in [0.2, 0.25) is 0 Å². The maximum Gasteiger partial charge on any atom is 0.128 e. The molecule has 0 unspecified atom stereocenters. The Labute approximate surface area is 211 Å². The van der Waals surface area contributed by atoms with Crippen LogP contribution < -0.4 is 4.74 Å². The number of aliphatic imine (C=N–C) groups is 1. The van der Waals surface area contributed by atoms with E-state index >= 15 is 0 Å². The minimum Gasteiger partial charge on any atom is -0.507 e. The quantitative estimate of drug-likeness (QED) is 0.120. The van der Waals surface area contributed by atoms with Gasteiger partial charge in [0, 0.05) is 24.4 Å². The van der Waals surface area contributed by atoms with E-state index in [1.807, 2.05) is 12.1 Å². The second kappa shape index (κ2) is 23.2. The normalized spacial score (nSPS) is 11.5. The van der Waals surface area contributed by atoms with Crippen molar-refractivity contribution in [2.45, 2.75) is 142 Å². The highest BCUT2D eigenvalue weighted by Crippen LogP contribution is 2.23. The maximum absolute atomic E-state index is 10.2. The van der Waals surface area contributed by atoms with Gasteiger partial charge in [-0.3, -0.25) is 4.99 Å². The molecule has 0 saturated carbocycles. The molecule has 0 aliphatic carbocycles. The van der Waals surface area contributed by atoms with Crippen molar-refractivity contribution in [3.63, 3.8) is 0 Å². The molecule has 0 spiro atoms. The smallest absolute Gasteiger partial charge is 0.128 e. The molecule has 0 fully saturated rings. The molecule has 3 heteroatoms. The molecule has 0 bridgehead atoms. The monoisotopic (exact) mass is 473 g/mol. The maximum atomic E-state index is 10.2. The fourth-order valence-electron chi connectivity index (χ4n) is 4.36. The molecule has 0 aliphatic rings. The van der Waals surface area contributed by atoms with E-state index in [2.05, 4.69) is 18.8 Å². The molecule has 0 saturated heterocycles. The van der Waals surface area contributed by atoms with Gasteiger partial charge in [0.1, 0.15) is 11.5 Å². The van der Waals surface area contributed by atoms with Gasteiger partial charge in [-0.15, -0.1) is 0 Å². The van der Waals surface area contributed by atoms with Crippen molar-refractivity contribution in [2.24, 2.45) is 4.99 Å². The summed E-state index contributed by atoms with van der Waals surface area (Å²) in [5, 5.41) is 10.2. The number of hydrogen-bond acceptors (Lipinski definition) is 3. The van der Waals surface area contributed by atoms with Gasteiger partial charge in [0.05, 0.1) is 6.61 Å². The van der Waals surface area contributed by atoms with E-state index in [1.165, 1.54) is 116 Å². The Hall–Kier alpha value is -1.51. The molecule has 1 aromatic carbocycles. The SMILES string of the molecule is CCCCCCCCCCCCCCCCOc1ccc(C=NCCCCCCCC)c(O)c1. The second-order valence-corrected chi connectivity index (χ2v) is 9.97. The molecule has 1 N–H and O–H groups in total. The van der Waals surface area contributed by atoms with Crippen molar-refractivity contribution in [2.75, 3.05) is 13.2 Å². The van der Waals surface area contributed by atoms with Crippen LogP contribution >= 0.6 is 0 Å². The summed E-state index contributed by atoms with van der Waals surface area (Å²) in [5.41, 5.74) is 0.773. The van der Waals surface area contributed by atoms with Crippen LogP contribution in [0.5, 0.6) is 11.5 Å². The van der Waals surface area contributed by atoms with Crippen LogP contribution in [-0.4, -0.2) is 24.5 Å². The van der Waals surface area contributed by atoms with Crippen molar-refractivity contribution in [3.8, 4) is 11.5 Å². The average Bonchev–Trinajstić information content (AvgIpc) is 2.84. The second-order valence-electron chi connectivity index (χ2n) is 9.97. The van der Waals surface area contributed by atoms with E-state index in [4.69, 9.17) is 4.74 Å². The van der Waals surface area contributed by atoms with Gasteiger partial charge in [-0.1, -0.05) is 129 Å². The van der Waals surface area contributed by atoms with E-state index in [0.29, 0.717) is 0 Å². The molecule has 34 heavy (non-hydrogen) atoms. The minimum atomic E-state index is 0.255. The Morgan fingerprint density at radius 1 is 0.647 bits per heavy atom. The zero-order valence-electron chi connectivity index (χ0n) is 22.7. The summed E-state index contributed by atoms with van der Waals surface area (Å²) in [6, 6.07) is 5.56. The predicted molar refractivity (Wildman–Crippen MR) is 150 cm³/mol. The molecule has 1 aromatic rings. The summed E-state index contributed by atoms with van der Waals surface area (Å²) in [6.07, 6.45) is 28.5. The Morgan fingerprint density at radius 3 is 1.62 bits per heavy atom. The van der Waals surface area contributed by atoms with Crippen LogP contribution in [0.4, 0.5) is 0 Å². The number of phenolic OH excluding ortho intramolecular Hbond substituents is 1. The van der Waals surface area contributed by atoms with Crippen LogP contribution in [-0.2, 0) is 0 Å². The number of rotatable bonds is 24. The molecule has 0 atom stereocenters. The lowest BCUT2D eigenvalue weighted by molar-refractivity contribution is 0.302. The highest BCUT2D eigenvalue weighted by molar-refractivity contribution is 5.83. The van der Waals surface area contributed by atoms with Gasteiger partial charge >= 0.3 is 0 Å². The van der Waals surface area contributed by atoms with E-state index in [0.717, 1.165) is 37.3 Å². The van der Waals surface area contributed by atoms with E-state index < -0.39 is 0 Å². The number of ether oxygens (including phenoxy) is 1. The molecule has 196 valence electrons. The summed E-state index contributed by atoms with van der Waals surface area (Å²) in [5.74, 6) is 1.01. The third kappa shape index (κ3) is 17.9. The highest BCUT2D eigenvalue weighted by Gasteiger charge is 2.02. The summed E-state index contributed by atoms with van der Waals surface area (Å²) in [6.45, 7) is 6.09. The Bertz CT molecular complexity index is 599. The molecular weight excluding hydrogens is 418 g/mol. The molecule has 0 aromatic heterocycles. The molecule has 3 nitrogen and oxygen atoms in total. The zero-order chi connectivity index (χ0) is 24.5. The molecule has 1 rings (SSSR count). The first-order chi connectivity index (χ1) is 16.8. The number of nitrogens with zero attached hydrogens (tertiary/aromatic N) is 1. The number of hydrogen-bond donors (Lipinski definition) is 1. The van der Waals surface area contributed by atoms with Crippen molar-refractivity contribution < 1.29 is 9.84 Å². The van der Waals surface area contributed by atoms with Crippen molar-refractivity contribution in [3.05, 3.63) is 23.8 Å². The summed E-state index contributed by atoms with van der Waals surface area (Å²) in [4.78, 5) is 4.47. The van der Waals surface area contributed by atoms with Crippen LogP contribution in [0.15, 0.2) is 23.2 Å². The zero-order valence-corrected chi connectivity index (χ0v) is 22.7. The Balaban J connectivity index is 1.98. The summed E-state index contributed by atoms with van der Waals surface area (Å²) >= 11 is 0. The molecule has 0 aliphatic heterocycles. The van der Waals surface area contributed by atoms with Gasteiger partial charge < -0.3 is 9.84 Å². The van der Waals surface area contributed by atoms with Gasteiger partial charge in [-0.05, 0) is 25.0 Å². The first-order valence-electron chi connectivity index (χ1n) is 14.7. The summed E-state index contributed by atoms with van der Waals surface area (Å²) < 4.78 is 5.83. The largest absolute Gasteiger partial charge is 0.507 e. The van der Waals surface area contributed by atoms with Gasteiger partial charge in [0.25, 0.3) is 0 Å². The predicted octanol–water partition coefficient (Wildman–Crippen LogP) is 10.0. The molecule has 0 heterocycles. The first-order valence-corrected chi connectivity index (χ1v) is 14.7. The number of aromatic hydroxyl groups is 1. The average molecular weight is 474 g/mol. The third-order valence-corrected chi connectivity index (χ3v) is 6.64. The fraction of sp³-hybridized carbons (Fsp3) is 0.774. The van der Waals surface area contributed by atoms with Crippen LogP contribution in [0.2, 0.25) is 0 Å². The molecular formula is C31H55NO2. The van der Waals surface area contributed by atoms with Crippen molar-refractivity contribution in [1.29, 1.82) is 0 Å². The Kier molecular flexibility index (Phi) is 20.9. The standard InChI is InChI=1S/C31H55NO2/c1-3-5-7-9-11-12-13-14-15-16-17-18-20-22-26-34-30-24-23-29(31(33)27-30)28-32-25-21-19-10-8-6-4-2/h23-24,27-28,33H,3-22,25-26H2,1-2H3. The lowest BCUT2D eigenvalue weighted by Gasteiger charge is -2.08. The lowest BCUT2D eigenvalue weighted by atomic mass is 10.0. The number of benzene rings is 1. The van der Waals surface area contributed by atoms with Crippen molar-refractivity contribution in [1.82, 2.24) is 0 Å². The number of unbranched alkanes of at least 4 members (excludes halogenated alkanes) is 18.